The van der Waals surface area contributed by atoms with Crippen molar-refractivity contribution in [2.75, 3.05) is 6.54 Å². The molecule has 104 valence electrons. The van der Waals surface area contributed by atoms with Crippen LogP contribution in [0.1, 0.15) is 24.2 Å². The number of rotatable bonds is 5. The summed E-state index contributed by atoms with van der Waals surface area (Å²) in [7, 11) is 0. The maximum atomic E-state index is 13.3. The number of nitrogens with one attached hydrogen (secondary N) is 1. The number of aromatic nitrogens is 3. The second kappa shape index (κ2) is 5.68. The van der Waals surface area contributed by atoms with Crippen molar-refractivity contribution >= 4 is 16.3 Å². The molecule has 0 bridgehead atoms. The largest absolute Gasteiger partial charge is 0.310 e. The summed E-state index contributed by atoms with van der Waals surface area (Å²) in [5, 5.41) is 5.36. The van der Waals surface area contributed by atoms with Crippen LogP contribution in [-0.2, 0) is 6.42 Å². The van der Waals surface area contributed by atoms with Gasteiger partial charge in [-0.2, -0.15) is 0 Å². The molecule has 6 heteroatoms. The Balaban J connectivity index is 1.85. The summed E-state index contributed by atoms with van der Waals surface area (Å²) in [6.45, 7) is 2.84. The molecule has 4 nitrogen and oxygen atoms in total. The number of fused-ring (bicyclic) bond motifs is 1. The van der Waals surface area contributed by atoms with Gasteiger partial charge in [0, 0.05) is 36.4 Å². The highest BCUT2D eigenvalue weighted by Gasteiger charge is 2.14. The zero-order chi connectivity index (χ0) is 13.9. The third-order valence-corrected chi connectivity index (χ3v) is 3.91. The van der Waals surface area contributed by atoms with Crippen LogP contribution < -0.4 is 5.32 Å². The van der Waals surface area contributed by atoms with Gasteiger partial charge in [-0.25, -0.2) is 9.37 Å². The van der Waals surface area contributed by atoms with Crippen LogP contribution >= 0.6 is 11.3 Å². The Morgan fingerprint density at radius 1 is 1.45 bits per heavy atom. The number of imidazole rings is 1. The van der Waals surface area contributed by atoms with Gasteiger partial charge in [0.05, 0.1) is 11.9 Å². The molecule has 0 amide bonds. The van der Waals surface area contributed by atoms with Gasteiger partial charge in [-0.15, -0.1) is 11.3 Å². The highest BCUT2D eigenvalue weighted by atomic mass is 32.1. The molecule has 0 aliphatic carbocycles. The summed E-state index contributed by atoms with van der Waals surface area (Å²) in [6, 6.07) is 1.55. The second-order valence-corrected chi connectivity index (χ2v) is 5.45. The van der Waals surface area contributed by atoms with Gasteiger partial charge in [-0.3, -0.25) is 9.38 Å². The Morgan fingerprint density at radius 2 is 2.35 bits per heavy atom. The predicted molar refractivity (Wildman–Crippen MR) is 77.4 cm³/mol. The molecule has 0 aliphatic rings. The highest BCUT2D eigenvalue weighted by molar-refractivity contribution is 7.15. The van der Waals surface area contributed by atoms with E-state index >= 15 is 0 Å². The number of nitrogens with zero attached hydrogens (tertiary/aromatic N) is 3. The van der Waals surface area contributed by atoms with Crippen LogP contribution in [0.4, 0.5) is 4.39 Å². The number of pyridine rings is 1. The van der Waals surface area contributed by atoms with Crippen molar-refractivity contribution in [1.82, 2.24) is 19.7 Å². The van der Waals surface area contributed by atoms with Crippen LogP contribution in [0, 0.1) is 5.82 Å². The lowest BCUT2D eigenvalue weighted by molar-refractivity contribution is 0.535. The molecule has 0 fully saturated rings. The van der Waals surface area contributed by atoms with Gasteiger partial charge in [0.2, 0.25) is 0 Å². The first kappa shape index (κ1) is 13.2. The third kappa shape index (κ3) is 2.71. The van der Waals surface area contributed by atoms with Crippen molar-refractivity contribution in [1.29, 1.82) is 0 Å². The third-order valence-electron chi connectivity index (χ3n) is 3.14. The van der Waals surface area contributed by atoms with Crippen molar-refractivity contribution in [2.24, 2.45) is 0 Å². The zero-order valence-electron chi connectivity index (χ0n) is 11.1. The summed E-state index contributed by atoms with van der Waals surface area (Å²) >= 11 is 1.61. The predicted octanol–water partition coefficient (Wildman–Crippen LogP) is 2.82. The van der Waals surface area contributed by atoms with Crippen molar-refractivity contribution < 1.29 is 4.39 Å². The quantitative estimate of drug-likeness (QED) is 0.785. The normalized spacial score (nSPS) is 12.9. The average Bonchev–Trinajstić information content (AvgIpc) is 2.99. The minimum atomic E-state index is -0.309. The molecule has 3 rings (SSSR count). The fourth-order valence-electron chi connectivity index (χ4n) is 2.26. The first-order valence-corrected chi connectivity index (χ1v) is 7.39. The summed E-state index contributed by atoms with van der Waals surface area (Å²) in [6.07, 6.45) is 7.65. The summed E-state index contributed by atoms with van der Waals surface area (Å²) in [4.78, 5) is 9.47. The maximum Gasteiger partial charge on any atom is 0.193 e. The number of hydrogen-bond donors (Lipinski definition) is 1. The molecule has 0 aliphatic heterocycles. The van der Waals surface area contributed by atoms with Crippen molar-refractivity contribution in [3.63, 3.8) is 0 Å². The maximum absolute atomic E-state index is 13.3. The van der Waals surface area contributed by atoms with Crippen LogP contribution in [0.5, 0.6) is 0 Å². The van der Waals surface area contributed by atoms with Crippen molar-refractivity contribution in [2.45, 2.75) is 19.4 Å². The van der Waals surface area contributed by atoms with E-state index in [4.69, 9.17) is 0 Å². The van der Waals surface area contributed by atoms with E-state index in [1.54, 1.807) is 17.5 Å². The van der Waals surface area contributed by atoms with Gasteiger partial charge in [0.1, 0.15) is 5.82 Å². The van der Waals surface area contributed by atoms with E-state index in [0.29, 0.717) is 6.42 Å². The smallest absolute Gasteiger partial charge is 0.193 e. The van der Waals surface area contributed by atoms with E-state index in [-0.39, 0.29) is 11.9 Å². The standard InChI is InChI=1S/C14H15FN4S/c1-2-17-13(10-5-11(15)8-16-7-10)6-12-9-19-3-4-20-14(19)18-12/h3-5,7-9,13,17H,2,6H2,1H3. The fraction of sp³-hybridized carbons (Fsp3) is 0.286. The number of likely N-dealkylation sites (N-methyl/N-ethyl adjacent to an activating group) is 1. The van der Waals surface area contributed by atoms with Gasteiger partial charge >= 0.3 is 0 Å². The topological polar surface area (TPSA) is 42.2 Å². The van der Waals surface area contributed by atoms with Crippen LogP contribution in [0.25, 0.3) is 4.96 Å². The Kier molecular flexibility index (Phi) is 3.75. The number of halogens is 1. The van der Waals surface area contributed by atoms with Gasteiger partial charge in [0.25, 0.3) is 0 Å². The molecule has 3 heterocycles. The molecule has 0 saturated carbocycles. The SMILES string of the molecule is CCNC(Cc1cn2ccsc2n1)c1cncc(F)c1. The van der Waals surface area contributed by atoms with Crippen LogP contribution in [-0.4, -0.2) is 20.9 Å². The lowest BCUT2D eigenvalue weighted by Crippen LogP contribution is -2.23. The second-order valence-electron chi connectivity index (χ2n) is 4.58. The van der Waals surface area contributed by atoms with Crippen LogP contribution in [0.15, 0.2) is 36.2 Å². The van der Waals surface area contributed by atoms with E-state index in [9.17, 15) is 4.39 Å². The first-order chi connectivity index (χ1) is 9.76. The average molecular weight is 290 g/mol. The zero-order valence-corrected chi connectivity index (χ0v) is 11.9. The summed E-state index contributed by atoms with van der Waals surface area (Å²) in [5.74, 6) is -0.309. The lowest BCUT2D eigenvalue weighted by Gasteiger charge is -2.16. The Labute approximate surface area is 120 Å². The molecule has 0 aromatic carbocycles. The number of hydrogen-bond acceptors (Lipinski definition) is 4. The lowest BCUT2D eigenvalue weighted by atomic mass is 10.0. The molecule has 3 aromatic rings. The molecule has 1 unspecified atom stereocenters. The summed E-state index contributed by atoms with van der Waals surface area (Å²) in [5.41, 5.74) is 1.84. The van der Waals surface area contributed by atoms with Crippen LogP contribution in [0.2, 0.25) is 0 Å². The van der Waals surface area contributed by atoms with E-state index in [0.717, 1.165) is 22.8 Å². The van der Waals surface area contributed by atoms with Gasteiger partial charge in [-0.05, 0) is 18.2 Å². The van der Waals surface area contributed by atoms with E-state index < -0.39 is 0 Å². The first-order valence-electron chi connectivity index (χ1n) is 6.51. The molecule has 20 heavy (non-hydrogen) atoms. The van der Waals surface area contributed by atoms with Crippen LogP contribution in [0.3, 0.4) is 0 Å². The molecular weight excluding hydrogens is 275 g/mol. The summed E-state index contributed by atoms with van der Waals surface area (Å²) < 4.78 is 15.3. The van der Waals surface area contributed by atoms with Gasteiger partial charge < -0.3 is 5.32 Å². The molecule has 1 atom stereocenters. The Bertz CT molecular complexity index is 677. The molecule has 0 radical (unpaired) electrons. The molecule has 3 aromatic heterocycles. The van der Waals surface area contributed by atoms with E-state index in [2.05, 4.69) is 15.3 Å². The fourth-order valence-corrected chi connectivity index (χ4v) is 2.98. The Morgan fingerprint density at radius 3 is 3.10 bits per heavy atom. The molecule has 0 spiro atoms. The molecule has 0 saturated heterocycles. The number of thiazole rings is 1. The minimum Gasteiger partial charge on any atom is -0.310 e. The van der Waals surface area contributed by atoms with Crippen molar-refractivity contribution in [3.05, 3.63) is 53.3 Å². The minimum absolute atomic E-state index is 0.0211. The Hall–Kier alpha value is -1.79. The van der Waals surface area contributed by atoms with Crippen molar-refractivity contribution in [3.8, 4) is 0 Å². The van der Waals surface area contributed by atoms with E-state index in [1.807, 2.05) is 29.1 Å². The van der Waals surface area contributed by atoms with Gasteiger partial charge in [-0.1, -0.05) is 6.92 Å². The van der Waals surface area contributed by atoms with E-state index in [1.165, 1.54) is 12.3 Å². The monoisotopic (exact) mass is 290 g/mol. The molecule has 1 N–H and O–H groups in total. The highest BCUT2D eigenvalue weighted by Crippen LogP contribution is 2.20. The van der Waals surface area contributed by atoms with Gasteiger partial charge in [0.15, 0.2) is 4.96 Å². The molecular formula is C14H15FN4S.